The van der Waals surface area contributed by atoms with Crippen molar-refractivity contribution >= 4 is 21.8 Å². The summed E-state index contributed by atoms with van der Waals surface area (Å²) in [5, 5.41) is 0. The molecule has 118 valence electrons. The number of amidine groups is 1. The predicted octanol–water partition coefficient (Wildman–Crippen LogP) is 5.40. The number of alkyl halides is 1. The van der Waals surface area contributed by atoms with Crippen LogP contribution >= 0.6 is 15.9 Å². The Morgan fingerprint density at radius 2 is 1.90 bits per heavy atom. The number of rotatable bonds is 5. The molecule has 2 aliphatic rings. The van der Waals surface area contributed by atoms with E-state index in [1.54, 1.807) is 0 Å². The third-order valence-electron chi connectivity index (χ3n) is 4.14. The number of hydrogen-bond donors (Lipinski definition) is 0. The molecule has 2 heterocycles. The Kier molecular flexibility index (Phi) is 10.4. The highest BCUT2D eigenvalue weighted by Gasteiger charge is 2.16. The van der Waals surface area contributed by atoms with E-state index in [-0.39, 0.29) is 0 Å². The van der Waals surface area contributed by atoms with E-state index in [0.29, 0.717) is 0 Å². The van der Waals surface area contributed by atoms with Gasteiger partial charge >= 0.3 is 0 Å². The van der Waals surface area contributed by atoms with E-state index in [2.05, 4.69) is 39.7 Å². The van der Waals surface area contributed by atoms with E-state index in [1.807, 2.05) is 0 Å². The number of unbranched alkanes of at least 4 members (excludes halogenated alkanes) is 2. The largest absolute Gasteiger partial charge is 0.360 e. The van der Waals surface area contributed by atoms with Crippen LogP contribution in [0.5, 0.6) is 0 Å². The predicted molar refractivity (Wildman–Crippen MR) is 94.1 cm³/mol. The topological polar surface area (TPSA) is 15.6 Å². The highest BCUT2D eigenvalue weighted by molar-refractivity contribution is 9.09. The minimum absolute atomic E-state index is 0.768. The quantitative estimate of drug-likeness (QED) is 0.481. The van der Waals surface area contributed by atoms with Gasteiger partial charge in [-0.25, -0.2) is 0 Å². The minimum Gasteiger partial charge on any atom is -0.360 e. The zero-order valence-corrected chi connectivity index (χ0v) is 15.1. The van der Waals surface area contributed by atoms with Crippen molar-refractivity contribution < 1.29 is 0 Å². The van der Waals surface area contributed by atoms with E-state index in [9.17, 15) is 0 Å². The summed E-state index contributed by atoms with van der Waals surface area (Å²) in [6, 6.07) is 0. The lowest BCUT2D eigenvalue weighted by Crippen LogP contribution is -2.34. The lowest BCUT2D eigenvalue weighted by molar-refractivity contribution is 0.391. The Morgan fingerprint density at radius 3 is 2.65 bits per heavy atom. The summed E-state index contributed by atoms with van der Waals surface area (Å²) in [7, 11) is 0. The molecular formula is C17H33BrN2. The first kappa shape index (κ1) is 18.0. The summed E-state index contributed by atoms with van der Waals surface area (Å²) in [5.74, 6) is 1.40. The van der Waals surface area contributed by atoms with Crippen LogP contribution in [0.1, 0.15) is 78.1 Å². The summed E-state index contributed by atoms with van der Waals surface area (Å²) in [4.78, 5) is 7.80. The van der Waals surface area contributed by atoms with Gasteiger partial charge in [-0.05, 0) is 32.1 Å². The lowest BCUT2D eigenvalue weighted by Gasteiger charge is -2.27. The van der Waals surface area contributed by atoms with Crippen molar-refractivity contribution in [3.8, 4) is 0 Å². The fraction of sp³-hybridized carbons (Fsp3) is 0.941. The maximum absolute atomic E-state index is 4.55. The summed E-state index contributed by atoms with van der Waals surface area (Å²) in [6.45, 7) is 8.07. The molecule has 0 radical (unpaired) electrons. The number of halogens is 1. The molecule has 0 N–H and O–H groups in total. The van der Waals surface area contributed by atoms with Crippen LogP contribution in [-0.2, 0) is 0 Å². The van der Waals surface area contributed by atoms with Gasteiger partial charge in [0.1, 0.15) is 0 Å². The van der Waals surface area contributed by atoms with Crippen molar-refractivity contribution in [2.45, 2.75) is 82.9 Å². The maximum Gasteiger partial charge on any atom is 0.0988 e. The van der Waals surface area contributed by atoms with Crippen molar-refractivity contribution in [1.82, 2.24) is 4.90 Å². The van der Waals surface area contributed by atoms with Gasteiger partial charge in [0.25, 0.3) is 0 Å². The first-order valence-electron chi connectivity index (χ1n) is 8.70. The molecular weight excluding hydrogens is 312 g/mol. The van der Waals surface area contributed by atoms with Gasteiger partial charge in [-0.15, -0.1) is 0 Å². The van der Waals surface area contributed by atoms with Crippen molar-refractivity contribution in [1.29, 1.82) is 0 Å². The molecule has 1 saturated heterocycles. The molecule has 0 bridgehead atoms. The first-order chi connectivity index (χ1) is 9.77. The van der Waals surface area contributed by atoms with Gasteiger partial charge in [-0.2, -0.15) is 0 Å². The molecule has 0 spiro atoms. The molecule has 3 heteroatoms. The van der Waals surface area contributed by atoms with Gasteiger partial charge in [0.05, 0.1) is 5.84 Å². The normalized spacial score (nSPS) is 20.1. The first-order valence-corrected chi connectivity index (χ1v) is 9.61. The summed E-state index contributed by atoms with van der Waals surface area (Å²) in [6.07, 6.45) is 13.4. The summed E-state index contributed by atoms with van der Waals surface area (Å²) >= 11 is 3.61. The van der Waals surface area contributed by atoms with E-state index in [1.165, 1.54) is 83.1 Å². The van der Waals surface area contributed by atoms with Crippen LogP contribution in [0.3, 0.4) is 0 Å². The fourth-order valence-electron chi connectivity index (χ4n) is 2.76. The third kappa shape index (κ3) is 7.66. The van der Waals surface area contributed by atoms with E-state index >= 15 is 0 Å². The summed E-state index contributed by atoms with van der Waals surface area (Å²) in [5.41, 5.74) is 0. The molecule has 0 aromatic heterocycles. The smallest absolute Gasteiger partial charge is 0.0988 e. The number of hydrogen-bond acceptors (Lipinski definition) is 2. The molecule has 0 aliphatic carbocycles. The van der Waals surface area contributed by atoms with Crippen molar-refractivity contribution in [3.05, 3.63) is 0 Å². The number of aliphatic imine (C=N–C) groups is 1. The Balaban J connectivity index is 0.000000206. The molecule has 1 fully saturated rings. The Hall–Kier alpha value is -0.0500. The molecule has 2 nitrogen and oxygen atoms in total. The Bertz CT molecular complexity index is 266. The Morgan fingerprint density at radius 1 is 1.10 bits per heavy atom. The number of nitrogens with zero attached hydrogens (tertiary/aromatic N) is 2. The van der Waals surface area contributed by atoms with Crippen molar-refractivity contribution in [2.75, 3.05) is 19.6 Å². The SMILES string of the molecule is C1CCC2=NCCCN2CC1.CCCCCC(Br)CC. The van der Waals surface area contributed by atoms with Crippen LogP contribution in [0.25, 0.3) is 0 Å². The average molecular weight is 345 g/mol. The molecule has 0 aromatic rings. The standard InChI is InChI=1S/C9H16N2.C8H17Br/c1-2-5-9-10-6-4-8-11(9)7-3-1;1-3-5-6-7-8(9)4-2/h1-8H2;8H,3-7H2,1-2H3. The second-order valence-electron chi connectivity index (χ2n) is 5.95. The van der Waals surface area contributed by atoms with Gasteiger partial charge in [0.15, 0.2) is 0 Å². The van der Waals surface area contributed by atoms with E-state index in [0.717, 1.165) is 11.4 Å². The highest BCUT2D eigenvalue weighted by Crippen LogP contribution is 2.15. The van der Waals surface area contributed by atoms with Gasteiger partial charge in [-0.3, -0.25) is 4.99 Å². The van der Waals surface area contributed by atoms with Gasteiger partial charge in [0.2, 0.25) is 0 Å². The molecule has 20 heavy (non-hydrogen) atoms. The Labute approximate surface area is 134 Å². The third-order valence-corrected chi connectivity index (χ3v) is 5.24. The minimum atomic E-state index is 0.768. The van der Waals surface area contributed by atoms with Gasteiger partial charge in [0, 0.05) is 30.9 Å². The van der Waals surface area contributed by atoms with E-state index < -0.39 is 0 Å². The van der Waals surface area contributed by atoms with Gasteiger partial charge in [-0.1, -0.05) is 55.5 Å². The molecule has 0 amide bonds. The monoisotopic (exact) mass is 344 g/mol. The summed E-state index contributed by atoms with van der Waals surface area (Å²) < 4.78 is 0. The zero-order valence-electron chi connectivity index (χ0n) is 13.5. The number of fused-ring (bicyclic) bond motifs is 1. The fourth-order valence-corrected chi connectivity index (χ4v) is 3.08. The van der Waals surface area contributed by atoms with Crippen LogP contribution in [-0.4, -0.2) is 35.2 Å². The second kappa shape index (κ2) is 11.6. The molecule has 0 saturated carbocycles. The molecule has 1 unspecified atom stereocenters. The van der Waals surface area contributed by atoms with Crippen LogP contribution < -0.4 is 0 Å². The second-order valence-corrected chi connectivity index (χ2v) is 7.25. The van der Waals surface area contributed by atoms with Gasteiger partial charge < -0.3 is 4.90 Å². The lowest BCUT2D eigenvalue weighted by atomic mass is 10.1. The molecule has 2 aliphatic heterocycles. The van der Waals surface area contributed by atoms with Crippen LogP contribution in [0, 0.1) is 0 Å². The van der Waals surface area contributed by atoms with E-state index in [4.69, 9.17) is 0 Å². The molecule has 2 rings (SSSR count). The average Bonchev–Trinajstić information content (AvgIpc) is 2.73. The molecule has 0 aromatic carbocycles. The highest BCUT2D eigenvalue weighted by atomic mass is 79.9. The van der Waals surface area contributed by atoms with Crippen molar-refractivity contribution in [3.63, 3.8) is 0 Å². The van der Waals surface area contributed by atoms with Crippen LogP contribution in [0.2, 0.25) is 0 Å². The van der Waals surface area contributed by atoms with Crippen LogP contribution in [0.4, 0.5) is 0 Å². The van der Waals surface area contributed by atoms with Crippen molar-refractivity contribution in [2.24, 2.45) is 4.99 Å². The zero-order chi connectivity index (χ0) is 14.6. The molecule has 1 atom stereocenters. The maximum atomic E-state index is 4.55. The van der Waals surface area contributed by atoms with Crippen LogP contribution in [0.15, 0.2) is 4.99 Å².